The van der Waals surface area contributed by atoms with E-state index in [1.807, 2.05) is 30.3 Å². The molecule has 0 saturated carbocycles. The van der Waals surface area contributed by atoms with Gasteiger partial charge in [-0.3, -0.25) is 4.79 Å². The predicted molar refractivity (Wildman–Crippen MR) is 75.5 cm³/mol. The van der Waals surface area contributed by atoms with Crippen LogP contribution in [0.4, 0.5) is 17.1 Å². The number of rotatable bonds is 2. The smallest absolute Gasteiger partial charge is 0.335 e. The number of nitrogens with one attached hydrogen (secondary N) is 1. The van der Waals surface area contributed by atoms with Crippen molar-refractivity contribution in [1.29, 1.82) is 0 Å². The van der Waals surface area contributed by atoms with E-state index in [-0.39, 0.29) is 18.0 Å². The van der Waals surface area contributed by atoms with Gasteiger partial charge in [0.1, 0.15) is 6.54 Å². The minimum Gasteiger partial charge on any atom is -0.478 e. The fourth-order valence-electron chi connectivity index (χ4n) is 2.25. The average molecular weight is 268 g/mol. The Morgan fingerprint density at radius 2 is 1.90 bits per heavy atom. The first kappa shape index (κ1) is 12.2. The van der Waals surface area contributed by atoms with Crippen molar-refractivity contribution in [2.24, 2.45) is 0 Å². The number of nitrogens with zero attached hydrogens (tertiary/aromatic N) is 1. The highest BCUT2D eigenvalue weighted by Gasteiger charge is 2.24. The fraction of sp³-hybridized carbons (Fsp3) is 0.0667. The molecule has 2 aromatic carbocycles. The number of carboxylic acids is 1. The van der Waals surface area contributed by atoms with Gasteiger partial charge in [-0.2, -0.15) is 0 Å². The van der Waals surface area contributed by atoms with Gasteiger partial charge < -0.3 is 15.3 Å². The number of hydrogen-bond donors (Lipinski definition) is 2. The van der Waals surface area contributed by atoms with Crippen molar-refractivity contribution >= 4 is 28.9 Å². The first-order chi connectivity index (χ1) is 9.65. The van der Waals surface area contributed by atoms with Crippen LogP contribution in [-0.2, 0) is 4.79 Å². The summed E-state index contributed by atoms with van der Waals surface area (Å²) in [5.74, 6) is -1.11. The maximum absolute atomic E-state index is 11.8. The van der Waals surface area contributed by atoms with E-state index in [0.29, 0.717) is 11.4 Å². The molecule has 1 amide bonds. The molecule has 1 aliphatic heterocycles. The van der Waals surface area contributed by atoms with Gasteiger partial charge in [0.15, 0.2) is 0 Å². The number of fused-ring (bicyclic) bond motifs is 1. The molecule has 0 aromatic heterocycles. The molecule has 20 heavy (non-hydrogen) atoms. The molecule has 0 spiro atoms. The minimum atomic E-state index is -0.988. The SMILES string of the molecule is O=C1CN(c2ccccc2)c2cc(C(=O)O)ccc2N1. The molecule has 0 bridgehead atoms. The lowest BCUT2D eigenvalue weighted by molar-refractivity contribution is -0.115. The number of carbonyl (C=O) groups is 2. The maximum Gasteiger partial charge on any atom is 0.335 e. The molecule has 1 aliphatic rings. The van der Waals surface area contributed by atoms with Crippen LogP contribution in [0.3, 0.4) is 0 Å². The van der Waals surface area contributed by atoms with Gasteiger partial charge >= 0.3 is 5.97 Å². The standard InChI is InChI=1S/C15H12N2O3/c18-14-9-17(11-4-2-1-3-5-11)13-8-10(15(19)20)6-7-12(13)16-14/h1-8H,9H2,(H,16,18)(H,19,20). The topological polar surface area (TPSA) is 69.6 Å². The summed E-state index contributed by atoms with van der Waals surface area (Å²) in [4.78, 5) is 24.7. The normalized spacial score (nSPS) is 13.6. The second kappa shape index (κ2) is 4.70. The van der Waals surface area contributed by atoms with E-state index in [4.69, 9.17) is 5.11 Å². The van der Waals surface area contributed by atoms with Crippen molar-refractivity contribution in [3.05, 3.63) is 54.1 Å². The van der Waals surface area contributed by atoms with Crippen LogP contribution in [0.1, 0.15) is 10.4 Å². The first-order valence-corrected chi connectivity index (χ1v) is 6.15. The summed E-state index contributed by atoms with van der Waals surface area (Å²) in [6, 6.07) is 14.1. The number of para-hydroxylation sites is 1. The van der Waals surface area contributed by atoms with Gasteiger partial charge in [0, 0.05) is 5.69 Å². The van der Waals surface area contributed by atoms with E-state index >= 15 is 0 Å². The summed E-state index contributed by atoms with van der Waals surface area (Å²) in [6.45, 7) is 0.167. The van der Waals surface area contributed by atoms with Gasteiger partial charge in [-0.05, 0) is 30.3 Å². The van der Waals surface area contributed by atoms with Crippen molar-refractivity contribution in [2.75, 3.05) is 16.8 Å². The van der Waals surface area contributed by atoms with Crippen molar-refractivity contribution in [3.63, 3.8) is 0 Å². The number of carboxylic acid groups (broad SMARTS) is 1. The van der Waals surface area contributed by atoms with Crippen LogP contribution in [0.25, 0.3) is 0 Å². The van der Waals surface area contributed by atoms with Gasteiger partial charge in [0.2, 0.25) is 5.91 Å². The molecule has 0 atom stereocenters. The fourth-order valence-corrected chi connectivity index (χ4v) is 2.25. The van der Waals surface area contributed by atoms with Gasteiger partial charge in [-0.1, -0.05) is 18.2 Å². The van der Waals surface area contributed by atoms with Crippen molar-refractivity contribution in [3.8, 4) is 0 Å². The summed E-state index contributed by atoms with van der Waals surface area (Å²) in [5.41, 5.74) is 2.36. The van der Waals surface area contributed by atoms with Crippen LogP contribution < -0.4 is 10.2 Å². The second-order valence-electron chi connectivity index (χ2n) is 4.51. The number of hydrogen-bond acceptors (Lipinski definition) is 3. The Morgan fingerprint density at radius 1 is 1.15 bits per heavy atom. The van der Waals surface area contributed by atoms with E-state index in [9.17, 15) is 9.59 Å². The Bertz CT molecular complexity index is 683. The van der Waals surface area contributed by atoms with E-state index in [2.05, 4.69) is 5.32 Å². The Hall–Kier alpha value is -2.82. The average Bonchev–Trinajstić information content (AvgIpc) is 2.46. The van der Waals surface area contributed by atoms with Gasteiger partial charge in [0.05, 0.1) is 16.9 Å². The Labute approximate surface area is 115 Å². The van der Waals surface area contributed by atoms with E-state index in [1.54, 1.807) is 17.0 Å². The Balaban J connectivity index is 2.12. The summed E-state index contributed by atoms with van der Waals surface area (Å²) >= 11 is 0. The van der Waals surface area contributed by atoms with Crippen LogP contribution in [0.15, 0.2) is 48.5 Å². The molecule has 100 valence electrons. The zero-order chi connectivity index (χ0) is 14.1. The summed E-state index contributed by atoms with van der Waals surface area (Å²) in [7, 11) is 0. The molecule has 5 nitrogen and oxygen atoms in total. The monoisotopic (exact) mass is 268 g/mol. The Morgan fingerprint density at radius 3 is 2.60 bits per heavy atom. The molecule has 0 radical (unpaired) electrons. The summed E-state index contributed by atoms with van der Waals surface area (Å²) in [6.07, 6.45) is 0. The van der Waals surface area contributed by atoms with Gasteiger partial charge in [-0.25, -0.2) is 4.79 Å². The third-order valence-electron chi connectivity index (χ3n) is 3.18. The number of aromatic carboxylic acids is 1. The molecule has 2 N–H and O–H groups in total. The lowest BCUT2D eigenvalue weighted by Gasteiger charge is -2.31. The number of carbonyl (C=O) groups excluding carboxylic acids is 1. The third-order valence-corrected chi connectivity index (χ3v) is 3.18. The Kier molecular flexibility index (Phi) is 2.87. The van der Waals surface area contributed by atoms with Crippen molar-refractivity contribution in [1.82, 2.24) is 0 Å². The van der Waals surface area contributed by atoms with E-state index < -0.39 is 5.97 Å². The predicted octanol–water partition coefficient (Wildman–Crippen LogP) is 2.47. The number of benzene rings is 2. The second-order valence-corrected chi connectivity index (χ2v) is 4.51. The van der Waals surface area contributed by atoms with Crippen LogP contribution in [0.2, 0.25) is 0 Å². The van der Waals surface area contributed by atoms with E-state index in [1.165, 1.54) is 6.07 Å². The van der Waals surface area contributed by atoms with Gasteiger partial charge in [-0.15, -0.1) is 0 Å². The molecule has 0 fully saturated rings. The highest BCUT2D eigenvalue weighted by atomic mass is 16.4. The van der Waals surface area contributed by atoms with Crippen LogP contribution in [-0.4, -0.2) is 23.5 Å². The summed E-state index contributed by atoms with van der Waals surface area (Å²) in [5, 5.41) is 11.8. The molecule has 1 heterocycles. The lowest BCUT2D eigenvalue weighted by atomic mass is 10.1. The summed E-state index contributed by atoms with van der Waals surface area (Å²) < 4.78 is 0. The highest BCUT2D eigenvalue weighted by molar-refractivity contribution is 6.04. The van der Waals surface area contributed by atoms with Crippen molar-refractivity contribution in [2.45, 2.75) is 0 Å². The molecule has 3 rings (SSSR count). The molecular weight excluding hydrogens is 256 g/mol. The molecule has 0 aliphatic carbocycles. The molecule has 0 unspecified atom stereocenters. The maximum atomic E-state index is 11.8. The quantitative estimate of drug-likeness (QED) is 0.877. The minimum absolute atomic E-state index is 0.121. The number of anilines is 3. The van der Waals surface area contributed by atoms with Crippen LogP contribution >= 0.6 is 0 Å². The highest BCUT2D eigenvalue weighted by Crippen LogP contribution is 2.35. The van der Waals surface area contributed by atoms with Crippen LogP contribution in [0, 0.1) is 0 Å². The molecule has 5 heteroatoms. The first-order valence-electron chi connectivity index (χ1n) is 6.15. The van der Waals surface area contributed by atoms with Crippen molar-refractivity contribution < 1.29 is 14.7 Å². The zero-order valence-corrected chi connectivity index (χ0v) is 10.5. The molecule has 2 aromatic rings. The largest absolute Gasteiger partial charge is 0.478 e. The van der Waals surface area contributed by atoms with Crippen LogP contribution in [0.5, 0.6) is 0 Å². The van der Waals surface area contributed by atoms with Gasteiger partial charge in [0.25, 0.3) is 0 Å². The molecule has 0 saturated heterocycles. The lowest BCUT2D eigenvalue weighted by Crippen LogP contribution is -2.35. The number of amides is 1. The van der Waals surface area contributed by atoms with E-state index in [0.717, 1.165) is 5.69 Å². The zero-order valence-electron chi connectivity index (χ0n) is 10.5. The molecular formula is C15H12N2O3. The third kappa shape index (κ3) is 2.09.